The molecule has 1 fully saturated rings. The van der Waals surface area contributed by atoms with E-state index < -0.39 is 24.5 Å². The first-order valence-corrected chi connectivity index (χ1v) is 13.6. The summed E-state index contributed by atoms with van der Waals surface area (Å²) in [6.45, 7) is 1.66. The van der Waals surface area contributed by atoms with Crippen LogP contribution < -0.4 is 11.1 Å². The molecular weight excluding hydrogens is 512 g/mol. The molecule has 5 rings (SSSR count). The van der Waals surface area contributed by atoms with Crippen molar-refractivity contribution in [2.75, 3.05) is 23.8 Å². The number of fused-ring (bicyclic) bond motifs is 1. The number of hydrogen-bond acceptors (Lipinski definition) is 9. The normalized spacial score (nSPS) is 21.6. The molecule has 0 unspecified atom stereocenters. The summed E-state index contributed by atoms with van der Waals surface area (Å²) in [5, 5.41) is 25.4. The van der Waals surface area contributed by atoms with Gasteiger partial charge in [0, 0.05) is 17.3 Å². The van der Waals surface area contributed by atoms with E-state index in [4.69, 9.17) is 22.1 Å². The summed E-state index contributed by atoms with van der Waals surface area (Å²) in [7, 11) is 0. The number of aliphatic hydroxyl groups is 2. The number of anilines is 1. The third-order valence-corrected chi connectivity index (χ3v) is 7.75. The summed E-state index contributed by atoms with van der Waals surface area (Å²) in [5.74, 6) is 1.73. The molecule has 2 aromatic heterocycles. The van der Waals surface area contributed by atoms with Crippen molar-refractivity contribution in [1.82, 2.24) is 24.8 Å². The van der Waals surface area contributed by atoms with Crippen LogP contribution >= 0.6 is 23.4 Å². The molecule has 5 N–H and O–H groups in total. The van der Waals surface area contributed by atoms with Crippen molar-refractivity contribution in [3.05, 3.63) is 71.8 Å². The standard InChI is InChI=1S/C26H29ClN6O3S/c27-19-7-5-17(6-8-19)18-4-1-3-16(11-18)12-29-9-2-10-37-13-20-22(34)23(35)26(36-20)33-15-32-21-24(28)30-14-31-25(21)33/h1,3-8,11,14-15,20,22-23,26,29,34-35H,2,9-10,12-13H2,(H2,28,30,31)/t20-,22-,23-,26-/m1/s1. The Kier molecular flexibility index (Phi) is 8.23. The van der Waals surface area contributed by atoms with Gasteiger partial charge in [0.05, 0.1) is 12.4 Å². The van der Waals surface area contributed by atoms with Crippen LogP contribution in [-0.2, 0) is 11.3 Å². The van der Waals surface area contributed by atoms with Crippen LogP contribution in [0.3, 0.4) is 0 Å². The Morgan fingerprint density at radius 3 is 2.73 bits per heavy atom. The first kappa shape index (κ1) is 25.9. The van der Waals surface area contributed by atoms with Crippen LogP contribution in [0.4, 0.5) is 5.82 Å². The zero-order chi connectivity index (χ0) is 25.8. The molecular formula is C26H29ClN6O3S. The molecule has 11 heteroatoms. The van der Waals surface area contributed by atoms with Crippen LogP contribution in [0.1, 0.15) is 18.2 Å². The Hall–Kier alpha value is -2.73. The molecule has 0 amide bonds. The van der Waals surface area contributed by atoms with Gasteiger partial charge in [-0.05, 0) is 53.6 Å². The highest BCUT2D eigenvalue weighted by Gasteiger charge is 2.44. The number of nitrogens with one attached hydrogen (secondary N) is 1. The van der Waals surface area contributed by atoms with Gasteiger partial charge in [-0.1, -0.05) is 41.9 Å². The van der Waals surface area contributed by atoms with Gasteiger partial charge < -0.3 is 26.0 Å². The number of nitrogens with zero attached hydrogens (tertiary/aromatic N) is 4. The molecule has 1 aliphatic heterocycles. The van der Waals surface area contributed by atoms with Crippen LogP contribution in [0.15, 0.2) is 61.2 Å². The minimum absolute atomic E-state index is 0.256. The van der Waals surface area contributed by atoms with Crippen molar-refractivity contribution in [1.29, 1.82) is 0 Å². The number of imidazole rings is 1. The smallest absolute Gasteiger partial charge is 0.167 e. The number of aliphatic hydroxyl groups excluding tert-OH is 2. The van der Waals surface area contributed by atoms with Crippen molar-refractivity contribution >= 4 is 40.3 Å². The second kappa shape index (κ2) is 11.8. The van der Waals surface area contributed by atoms with Gasteiger partial charge in [-0.2, -0.15) is 11.8 Å². The second-order valence-electron chi connectivity index (χ2n) is 8.94. The molecule has 2 aromatic carbocycles. The van der Waals surface area contributed by atoms with Crippen molar-refractivity contribution in [3.8, 4) is 11.1 Å². The molecule has 0 spiro atoms. The van der Waals surface area contributed by atoms with E-state index in [0.29, 0.717) is 16.9 Å². The van der Waals surface area contributed by atoms with E-state index in [-0.39, 0.29) is 5.82 Å². The van der Waals surface area contributed by atoms with Gasteiger partial charge in [0.1, 0.15) is 24.1 Å². The summed E-state index contributed by atoms with van der Waals surface area (Å²) in [6.07, 6.45) is 0.437. The number of nitrogen functional groups attached to an aromatic ring is 1. The van der Waals surface area contributed by atoms with Gasteiger partial charge in [-0.25, -0.2) is 15.0 Å². The van der Waals surface area contributed by atoms with E-state index in [9.17, 15) is 10.2 Å². The van der Waals surface area contributed by atoms with Gasteiger partial charge in [-0.3, -0.25) is 4.57 Å². The van der Waals surface area contributed by atoms with Gasteiger partial charge in [0.15, 0.2) is 17.7 Å². The van der Waals surface area contributed by atoms with E-state index in [1.807, 2.05) is 24.3 Å². The van der Waals surface area contributed by atoms with Crippen LogP contribution in [-0.4, -0.2) is 66.1 Å². The number of rotatable bonds is 10. The maximum absolute atomic E-state index is 10.6. The lowest BCUT2D eigenvalue weighted by atomic mass is 10.0. The van der Waals surface area contributed by atoms with E-state index in [1.165, 1.54) is 23.8 Å². The molecule has 0 saturated carbocycles. The predicted molar refractivity (Wildman–Crippen MR) is 146 cm³/mol. The number of hydrogen-bond donors (Lipinski definition) is 4. The number of nitrogens with two attached hydrogens (primary N) is 1. The number of benzene rings is 2. The number of aromatic nitrogens is 4. The maximum atomic E-state index is 10.6. The minimum atomic E-state index is -1.09. The molecule has 1 aliphatic rings. The average Bonchev–Trinajstić information content (AvgIpc) is 3.46. The lowest BCUT2D eigenvalue weighted by molar-refractivity contribution is -0.0289. The number of thioether (sulfide) groups is 1. The molecule has 3 heterocycles. The fourth-order valence-corrected chi connectivity index (χ4v) is 5.54. The molecule has 37 heavy (non-hydrogen) atoms. The monoisotopic (exact) mass is 540 g/mol. The Morgan fingerprint density at radius 1 is 1.05 bits per heavy atom. The quantitative estimate of drug-likeness (QED) is 0.224. The van der Waals surface area contributed by atoms with Crippen LogP contribution in [0, 0.1) is 0 Å². The average molecular weight is 541 g/mol. The third-order valence-electron chi connectivity index (χ3n) is 6.36. The van der Waals surface area contributed by atoms with Gasteiger partial charge in [0.25, 0.3) is 0 Å². The molecule has 194 valence electrons. The van der Waals surface area contributed by atoms with Crippen molar-refractivity contribution in [2.45, 2.75) is 37.5 Å². The summed E-state index contributed by atoms with van der Waals surface area (Å²) in [4.78, 5) is 12.3. The second-order valence-corrected chi connectivity index (χ2v) is 10.5. The molecule has 0 bridgehead atoms. The summed E-state index contributed by atoms with van der Waals surface area (Å²) in [5.41, 5.74) is 10.3. The summed E-state index contributed by atoms with van der Waals surface area (Å²) in [6, 6.07) is 16.3. The van der Waals surface area contributed by atoms with E-state index in [1.54, 1.807) is 16.3 Å². The Morgan fingerprint density at radius 2 is 1.89 bits per heavy atom. The summed E-state index contributed by atoms with van der Waals surface area (Å²) >= 11 is 7.69. The van der Waals surface area contributed by atoms with E-state index in [0.717, 1.165) is 35.8 Å². The third kappa shape index (κ3) is 5.90. The van der Waals surface area contributed by atoms with Gasteiger partial charge in [-0.15, -0.1) is 0 Å². The first-order chi connectivity index (χ1) is 18.0. The van der Waals surface area contributed by atoms with Crippen molar-refractivity contribution in [3.63, 3.8) is 0 Å². The molecule has 0 radical (unpaired) electrons. The number of ether oxygens (including phenoxy) is 1. The minimum Gasteiger partial charge on any atom is -0.387 e. The van der Waals surface area contributed by atoms with E-state index in [2.05, 4.69) is 44.5 Å². The van der Waals surface area contributed by atoms with Crippen molar-refractivity contribution < 1.29 is 14.9 Å². The lowest BCUT2D eigenvalue weighted by Crippen LogP contribution is -2.32. The zero-order valence-corrected chi connectivity index (χ0v) is 21.6. The van der Waals surface area contributed by atoms with Crippen LogP contribution in [0.5, 0.6) is 0 Å². The topological polar surface area (TPSA) is 131 Å². The predicted octanol–water partition coefficient (Wildman–Crippen LogP) is 3.26. The Balaban J connectivity index is 1.05. The molecule has 4 atom stereocenters. The highest BCUT2D eigenvalue weighted by atomic mass is 35.5. The van der Waals surface area contributed by atoms with Gasteiger partial charge in [0.2, 0.25) is 0 Å². The van der Waals surface area contributed by atoms with Crippen LogP contribution in [0.2, 0.25) is 5.02 Å². The lowest BCUT2D eigenvalue weighted by Gasteiger charge is -2.16. The molecule has 1 saturated heterocycles. The first-order valence-electron chi connectivity index (χ1n) is 12.1. The molecule has 9 nitrogen and oxygen atoms in total. The van der Waals surface area contributed by atoms with Gasteiger partial charge >= 0.3 is 0 Å². The highest BCUT2D eigenvalue weighted by Crippen LogP contribution is 2.33. The number of halogens is 1. The fourth-order valence-electron chi connectivity index (χ4n) is 4.39. The fraction of sp³-hybridized carbons (Fsp3) is 0.346. The molecule has 4 aromatic rings. The Bertz CT molecular complexity index is 1340. The maximum Gasteiger partial charge on any atom is 0.167 e. The summed E-state index contributed by atoms with van der Waals surface area (Å²) < 4.78 is 7.59. The molecule has 0 aliphatic carbocycles. The highest BCUT2D eigenvalue weighted by molar-refractivity contribution is 7.99. The Labute approximate surface area is 224 Å². The van der Waals surface area contributed by atoms with Crippen LogP contribution in [0.25, 0.3) is 22.3 Å². The largest absolute Gasteiger partial charge is 0.387 e. The van der Waals surface area contributed by atoms with E-state index >= 15 is 0 Å². The SMILES string of the molecule is Nc1ncnc2c1ncn2[C@@H]1O[C@H](CSCCCNCc2cccc(-c3ccc(Cl)cc3)c2)[C@@H](O)[C@H]1O. The van der Waals surface area contributed by atoms with Crippen molar-refractivity contribution in [2.24, 2.45) is 0 Å². The zero-order valence-electron chi connectivity index (χ0n) is 20.1.